The SMILES string of the molecule is COc1ccc2c(=O)[nH]ncc2c1C#C[Si](C)(C)C. The fourth-order valence-electron chi connectivity index (χ4n) is 1.70. The van der Waals surface area contributed by atoms with Gasteiger partial charge in [-0.25, -0.2) is 5.10 Å². The lowest BCUT2D eigenvalue weighted by Crippen LogP contribution is -2.16. The van der Waals surface area contributed by atoms with E-state index in [1.807, 2.05) is 0 Å². The lowest BCUT2D eigenvalue weighted by atomic mass is 10.1. The molecule has 2 rings (SSSR count). The summed E-state index contributed by atoms with van der Waals surface area (Å²) >= 11 is 0. The summed E-state index contributed by atoms with van der Waals surface area (Å²) in [5.74, 6) is 3.84. The molecule has 0 spiro atoms. The van der Waals surface area contributed by atoms with Crippen molar-refractivity contribution in [3.05, 3.63) is 34.2 Å². The Bertz CT molecular complexity index is 733. The summed E-state index contributed by atoms with van der Waals surface area (Å²) in [6.07, 6.45) is 1.62. The standard InChI is InChI=1S/C14H16N2O2Si/c1-18-13-6-5-11-12(9-15-16-14(11)17)10(13)7-8-19(2,3)4/h5-6,9H,1-4H3,(H,16,17). The van der Waals surface area contributed by atoms with Gasteiger partial charge in [0.2, 0.25) is 0 Å². The van der Waals surface area contributed by atoms with E-state index in [2.05, 4.69) is 41.3 Å². The van der Waals surface area contributed by atoms with Crippen molar-refractivity contribution in [3.8, 4) is 17.2 Å². The van der Waals surface area contributed by atoms with Gasteiger partial charge < -0.3 is 4.74 Å². The Labute approximate surface area is 112 Å². The fraction of sp³-hybridized carbons (Fsp3) is 0.286. The maximum absolute atomic E-state index is 11.7. The fourth-order valence-corrected chi connectivity index (χ4v) is 2.20. The minimum absolute atomic E-state index is 0.212. The molecule has 1 N–H and O–H groups in total. The van der Waals surface area contributed by atoms with Crippen LogP contribution in [-0.2, 0) is 0 Å². The van der Waals surface area contributed by atoms with Crippen LogP contribution in [0.2, 0.25) is 19.6 Å². The number of H-pyrrole nitrogens is 1. The summed E-state index contributed by atoms with van der Waals surface area (Å²) in [5, 5.41) is 7.58. The molecule has 0 aliphatic rings. The number of methoxy groups -OCH3 is 1. The normalized spacial score (nSPS) is 10.9. The lowest BCUT2D eigenvalue weighted by molar-refractivity contribution is 0.414. The molecule has 0 fully saturated rings. The Morgan fingerprint density at radius 1 is 1.26 bits per heavy atom. The molecule has 1 aromatic heterocycles. The summed E-state index contributed by atoms with van der Waals surface area (Å²) in [7, 11) is 0.0990. The van der Waals surface area contributed by atoms with Gasteiger partial charge in [0.05, 0.1) is 24.3 Å². The van der Waals surface area contributed by atoms with Gasteiger partial charge in [-0.15, -0.1) is 5.54 Å². The largest absolute Gasteiger partial charge is 0.495 e. The number of aromatic amines is 1. The number of hydrogen-bond donors (Lipinski definition) is 1. The molecule has 1 heterocycles. The molecule has 0 bridgehead atoms. The molecule has 2 aromatic rings. The van der Waals surface area contributed by atoms with E-state index in [1.165, 1.54) is 0 Å². The third-order valence-corrected chi connectivity index (χ3v) is 3.47. The Morgan fingerprint density at radius 2 is 2.00 bits per heavy atom. The molecule has 19 heavy (non-hydrogen) atoms. The van der Waals surface area contributed by atoms with Crippen molar-refractivity contribution < 1.29 is 4.74 Å². The maximum atomic E-state index is 11.7. The quantitative estimate of drug-likeness (QED) is 0.639. The number of nitrogens with zero attached hydrogens (tertiary/aromatic N) is 1. The smallest absolute Gasteiger partial charge is 0.272 e. The number of benzene rings is 1. The van der Waals surface area contributed by atoms with Gasteiger partial charge in [0.1, 0.15) is 13.8 Å². The van der Waals surface area contributed by atoms with Crippen LogP contribution in [-0.4, -0.2) is 25.4 Å². The molecule has 5 heteroatoms. The number of fused-ring (bicyclic) bond motifs is 1. The van der Waals surface area contributed by atoms with Gasteiger partial charge in [0.15, 0.2) is 0 Å². The molecule has 98 valence electrons. The highest BCUT2D eigenvalue weighted by Crippen LogP contribution is 2.24. The van der Waals surface area contributed by atoms with Crippen molar-refractivity contribution in [1.82, 2.24) is 10.2 Å². The van der Waals surface area contributed by atoms with Crippen molar-refractivity contribution in [3.63, 3.8) is 0 Å². The zero-order chi connectivity index (χ0) is 14.0. The van der Waals surface area contributed by atoms with Crippen molar-refractivity contribution in [1.29, 1.82) is 0 Å². The van der Waals surface area contributed by atoms with Crippen LogP contribution in [0.5, 0.6) is 5.75 Å². The molecule has 4 nitrogen and oxygen atoms in total. The van der Waals surface area contributed by atoms with Crippen molar-refractivity contribution >= 4 is 18.8 Å². The van der Waals surface area contributed by atoms with E-state index in [1.54, 1.807) is 25.4 Å². The molecule has 0 atom stereocenters. The monoisotopic (exact) mass is 272 g/mol. The van der Waals surface area contributed by atoms with E-state index in [0.717, 1.165) is 10.9 Å². The van der Waals surface area contributed by atoms with Crippen LogP contribution in [0, 0.1) is 11.5 Å². The van der Waals surface area contributed by atoms with Gasteiger partial charge in [0, 0.05) is 5.39 Å². The summed E-state index contributed by atoms with van der Waals surface area (Å²) in [6.45, 7) is 6.51. The molecule has 0 amide bonds. The van der Waals surface area contributed by atoms with Crippen LogP contribution in [0.25, 0.3) is 10.8 Å². The van der Waals surface area contributed by atoms with Gasteiger partial charge in [-0.3, -0.25) is 4.79 Å². The second-order valence-electron chi connectivity index (χ2n) is 5.30. The van der Waals surface area contributed by atoms with Gasteiger partial charge in [0.25, 0.3) is 5.56 Å². The Hall–Kier alpha value is -2.06. The van der Waals surface area contributed by atoms with Crippen molar-refractivity contribution in [2.75, 3.05) is 7.11 Å². The van der Waals surface area contributed by atoms with E-state index in [4.69, 9.17) is 4.74 Å². The molecule has 1 aromatic carbocycles. The first-order valence-corrected chi connectivity index (χ1v) is 9.50. The van der Waals surface area contributed by atoms with E-state index in [0.29, 0.717) is 11.1 Å². The van der Waals surface area contributed by atoms with Crippen LogP contribution in [0.1, 0.15) is 5.56 Å². The second kappa shape index (κ2) is 4.90. The van der Waals surface area contributed by atoms with Gasteiger partial charge in [-0.2, -0.15) is 5.10 Å². The van der Waals surface area contributed by atoms with Crippen molar-refractivity contribution in [2.45, 2.75) is 19.6 Å². The summed E-state index contributed by atoms with van der Waals surface area (Å²) < 4.78 is 5.33. The van der Waals surface area contributed by atoms with Gasteiger partial charge in [-0.1, -0.05) is 25.6 Å². The number of aromatic nitrogens is 2. The molecule has 0 unspecified atom stereocenters. The van der Waals surface area contributed by atoms with Crippen molar-refractivity contribution in [2.24, 2.45) is 0 Å². The van der Waals surface area contributed by atoms with Crippen LogP contribution in [0.4, 0.5) is 0 Å². The third kappa shape index (κ3) is 2.85. The second-order valence-corrected chi connectivity index (χ2v) is 10.1. The molecule has 0 radical (unpaired) electrons. The predicted octanol–water partition coefficient (Wildman–Crippen LogP) is 2.16. The zero-order valence-corrected chi connectivity index (χ0v) is 12.5. The highest BCUT2D eigenvalue weighted by molar-refractivity contribution is 6.83. The molecule has 0 saturated heterocycles. The first-order valence-electron chi connectivity index (χ1n) is 6.00. The summed E-state index contributed by atoms with van der Waals surface area (Å²) in [6, 6.07) is 3.50. The van der Waals surface area contributed by atoms with Crippen LogP contribution >= 0.6 is 0 Å². The summed E-state index contributed by atoms with van der Waals surface area (Å²) in [5.41, 5.74) is 3.82. The summed E-state index contributed by atoms with van der Waals surface area (Å²) in [4.78, 5) is 11.7. The first-order chi connectivity index (χ1) is 8.92. The minimum Gasteiger partial charge on any atom is -0.495 e. The molecular weight excluding hydrogens is 256 g/mol. The third-order valence-electron chi connectivity index (χ3n) is 2.59. The Kier molecular flexibility index (Phi) is 3.45. The van der Waals surface area contributed by atoms with Gasteiger partial charge in [-0.05, 0) is 12.1 Å². The predicted molar refractivity (Wildman–Crippen MR) is 79.1 cm³/mol. The van der Waals surface area contributed by atoms with E-state index in [9.17, 15) is 4.79 Å². The molecular formula is C14H16N2O2Si. The maximum Gasteiger partial charge on any atom is 0.272 e. The number of nitrogens with one attached hydrogen (secondary N) is 1. The van der Waals surface area contributed by atoms with E-state index < -0.39 is 8.07 Å². The minimum atomic E-state index is -1.50. The number of rotatable bonds is 1. The highest BCUT2D eigenvalue weighted by atomic mass is 28.3. The molecule has 0 aliphatic carbocycles. The highest BCUT2D eigenvalue weighted by Gasteiger charge is 2.11. The van der Waals surface area contributed by atoms with Crippen LogP contribution in [0.15, 0.2) is 23.1 Å². The molecule has 0 aliphatic heterocycles. The zero-order valence-electron chi connectivity index (χ0n) is 11.5. The lowest BCUT2D eigenvalue weighted by Gasteiger charge is -2.08. The van der Waals surface area contributed by atoms with E-state index in [-0.39, 0.29) is 5.56 Å². The van der Waals surface area contributed by atoms with Gasteiger partial charge >= 0.3 is 0 Å². The topological polar surface area (TPSA) is 55.0 Å². The first kappa shape index (κ1) is 13.4. The average Bonchev–Trinajstić information content (AvgIpc) is 2.35. The number of hydrogen-bond acceptors (Lipinski definition) is 3. The van der Waals surface area contributed by atoms with Crippen LogP contribution in [0.3, 0.4) is 0 Å². The number of ether oxygens (including phenoxy) is 1. The van der Waals surface area contributed by atoms with E-state index >= 15 is 0 Å². The van der Waals surface area contributed by atoms with Crippen LogP contribution < -0.4 is 10.3 Å². The molecule has 0 saturated carbocycles. The Morgan fingerprint density at radius 3 is 2.63 bits per heavy atom. The Balaban J connectivity index is 2.78. The average molecular weight is 272 g/mol.